The molecular formula is C14H24N2O4SSi. The van der Waals surface area contributed by atoms with Crippen LogP contribution in [0.2, 0.25) is 6.04 Å². The van der Waals surface area contributed by atoms with E-state index in [1.54, 1.807) is 45.6 Å². The fraction of sp³-hybridized carbons (Fsp3) is 0.429. The molecule has 1 amide bonds. The second-order valence-electron chi connectivity index (χ2n) is 4.23. The highest BCUT2D eigenvalue weighted by Crippen LogP contribution is 2.13. The number of benzene rings is 1. The van der Waals surface area contributed by atoms with Gasteiger partial charge in [-0.05, 0) is 24.4 Å². The topological polar surface area (TPSA) is 82.8 Å². The van der Waals surface area contributed by atoms with Gasteiger partial charge in [-0.1, -0.05) is 31.5 Å². The highest BCUT2D eigenvalue weighted by atomic mass is 32.1. The lowest BCUT2D eigenvalue weighted by atomic mass is 10.2. The maximum atomic E-state index is 11.2. The highest BCUT2D eigenvalue weighted by molar-refractivity contribution is 7.80. The number of amides is 1. The van der Waals surface area contributed by atoms with E-state index in [0.29, 0.717) is 5.56 Å². The molecule has 124 valence electrons. The Morgan fingerprint density at radius 1 is 1.18 bits per heavy atom. The fourth-order valence-corrected chi connectivity index (χ4v) is 3.45. The minimum absolute atomic E-state index is 0.0103. The molecule has 0 aliphatic heterocycles. The molecule has 0 radical (unpaired) electrons. The molecule has 0 aliphatic carbocycles. The maximum Gasteiger partial charge on any atom is 0.500 e. The van der Waals surface area contributed by atoms with Crippen LogP contribution in [-0.4, -0.2) is 41.2 Å². The number of hydrogen-bond acceptors (Lipinski definition) is 5. The molecular weight excluding hydrogens is 320 g/mol. The average Bonchev–Trinajstić information content (AvgIpc) is 2.54. The monoisotopic (exact) mass is 344 g/mol. The summed E-state index contributed by atoms with van der Waals surface area (Å²) in [5.74, 6) is -0.275. The Morgan fingerprint density at radius 2 is 1.68 bits per heavy atom. The molecule has 0 saturated heterocycles. The number of nitrogens with two attached hydrogens (primary N) is 1. The van der Waals surface area contributed by atoms with Gasteiger partial charge in [0.2, 0.25) is 0 Å². The second kappa shape index (κ2) is 11.3. The van der Waals surface area contributed by atoms with Crippen molar-refractivity contribution in [1.29, 1.82) is 0 Å². The number of carbonyl (C=O) groups is 1. The van der Waals surface area contributed by atoms with E-state index in [2.05, 4.69) is 24.5 Å². The van der Waals surface area contributed by atoms with Crippen LogP contribution >= 0.6 is 12.2 Å². The van der Waals surface area contributed by atoms with Gasteiger partial charge in [0, 0.05) is 32.9 Å². The molecule has 1 rings (SSSR count). The van der Waals surface area contributed by atoms with Gasteiger partial charge < -0.3 is 19.0 Å². The summed E-state index contributed by atoms with van der Waals surface area (Å²) in [6.45, 7) is 2.08. The van der Waals surface area contributed by atoms with E-state index in [1.165, 1.54) is 0 Å². The summed E-state index contributed by atoms with van der Waals surface area (Å²) in [6.07, 6.45) is 1.03. The summed E-state index contributed by atoms with van der Waals surface area (Å²) in [4.78, 5) is 11.2. The summed E-state index contributed by atoms with van der Waals surface area (Å²) < 4.78 is 15.5. The van der Waals surface area contributed by atoms with Crippen LogP contribution in [0.4, 0.5) is 0 Å². The molecule has 0 heterocycles. The van der Waals surface area contributed by atoms with Gasteiger partial charge in [0.05, 0.1) is 0 Å². The second-order valence-corrected chi connectivity index (χ2v) is 7.76. The predicted octanol–water partition coefficient (Wildman–Crippen LogP) is 1.93. The molecule has 8 heteroatoms. The van der Waals surface area contributed by atoms with E-state index in [4.69, 9.17) is 19.0 Å². The Balaban J connectivity index is 0.000000409. The van der Waals surface area contributed by atoms with Crippen LogP contribution in [-0.2, 0) is 13.3 Å². The molecule has 0 aliphatic rings. The summed E-state index contributed by atoms with van der Waals surface area (Å²) in [5, 5.41) is 2.32. The Kier molecular flexibility index (Phi) is 10.6. The zero-order chi connectivity index (χ0) is 17.0. The van der Waals surface area contributed by atoms with Gasteiger partial charge in [-0.15, -0.1) is 0 Å². The molecule has 1 aromatic carbocycles. The van der Waals surface area contributed by atoms with Gasteiger partial charge in [0.25, 0.3) is 5.91 Å². The van der Waals surface area contributed by atoms with Gasteiger partial charge >= 0.3 is 8.80 Å². The van der Waals surface area contributed by atoms with Crippen molar-refractivity contribution in [2.45, 2.75) is 19.4 Å². The largest absolute Gasteiger partial charge is 0.500 e. The van der Waals surface area contributed by atoms with Crippen molar-refractivity contribution in [2.75, 3.05) is 21.3 Å². The SMILES string of the molecule is CCC[Si](OC)(OC)OC.NC(=S)NC(=O)c1ccccc1. The van der Waals surface area contributed by atoms with Crippen LogP contribution in [0, 0.1) is 0 Å². The Labute approximate surface area is 138 Å². The lowest BCUT2D eigenvalue weighted by Gasteiger charge is -2.23. The van der Waals surface area contributed by atoms with E-state index in [1.807, 2.05) is 6.07 Å². The number of nitrogens with one attached hydrogen (secondary N) is 1. The molecule has 22 heavy (non-hydrogen) atoms. The quantitative estimate of drug-likeness (QED) is 0.606. The van der Waals surface area contributed by atoms with Crippen molar-refractivity contribution < 1.29 is 18.1 Å². The average molecular weight is 345 g/mol. The van der Waals surface area contributed by atoms with Crippen LogP contribution in [0.5, 0.6) is 0 Å². The molecule has 0 fully saturated rings. The smallest absolute Gasteiger partial charge is 0.377 e. The van der Waals surface area contributed by atoms with E-state index >= 15 is 0 Å². The Hall–Kier alpha value is -1.32. The molecule has 0 unspecified atom stereocenters. The van der Waals surface area contributed by atoms with Crippen LogP contribution in [0.25, 0.3) is 0 Å². The molecule has 1 aromatic rings. The number of carbonyl (C=O) groups excluding carboxylic acids is 1. The first kappa shape index (κ1) is 20.7. The lowest BCUT2D eigenvalue weighted by Crippen LogP contribution is -2.42. The molecule has 0 aromatic heterocycles. The van der Waals surface area contributed by atoms with Crippen molar-refractivity contribution in [3.8, 4) is 0 Å². The number of rotatable bonds is 6. The number of hydrogen-bond donors (Lipinski definition) is 2. The standard InChI is InChI=1S/C8H8N2OS.C6H16O3Si/c9-8(12)10-7(11)6-4-2-1-3-5-6;1-5-6-10(7-2,8-3)9-4/h1-5H,(H3,9,10,11,12);5-6H2,1-4H3. The fourth-order valence-electron chi connectivity index (χ4n) is 1.64. The van der Waals surface area contributed by atoms with Crippen molar-refractivity contribution in [3.63, 3.8) is 0 Å². The van der Waals surface area contributed by atoms with Crippen LogP contribution in [0.1, 0.15) is 23.7 Å². The first-order valence-electron chi connectivity index (χ1n) is 6.76. The third-order valence-electron chi connectivity index (χ3n) is 2.76. The van der Waals surface area contributed by atoms with Gasteiger partial charge in [-0.2, -0.15) is 0 Å². The molecule has 0 bridgehead atoms. The first-order chi connectivity index (χ1) is 10.4. The van der Waals surface area contributed by atoms with Crippen LogP contribution < -0.4 is 11.1 Å². The highest BCUT2D eigenvalue weighted by Gasteiger charge is 2.36. The summed E-state index contributed by atoms with van der Waals surface area (Å²) in [6, 6.07) is 9.64. The van der Waals surface area contributed by atoms with Gasteiger partial charge in [-0.3, -0.25) is 10.1 Å². The van der Waals surface area contributed by atoms with Crippen molar-refractivity contribution >= 4 is 32.0 Å². The van der Waals surface area contributed by atoms with Crippen molar-refractivity contribution in [3.05, 3.63) is 35.9 Å². The van der Waals surface area contributed by atoms with Crippen LogP contribution in [0.15, 0.2) is 30.3 Å². The summed E-state index contributed by atoms with van der Waals surface area (Å²) in [7, 11) is 2.68. The van der Waals surface area contributed by atoms with Crippen molar-refractivity contribution in [1.82, 2.24) is 5.32 Å². The molecule has 0 atom stereocenters. The maximum absolute atomic E-state index is 11.2. The van der Waals surface area contributed by atoms with Gasteiger partial charge in [0.1, 0.15) is 0 Å². The summed E-state index contributed by atoms with van der Waals surface area (Å²) >= 11 is 4.52. The summed E-state index contributed by atoms with van der Waals surface area (Å²) in [5.41, 5.74) is 5.68. The third-order valence-corrected chi connectivity index (χ3v) is 5.84. The molecule has 3 N–H and O–H groups in total. The minimum Gasteiger partial charge on any atom is -0.377 e. The van der Waals surface area contributed by atoms with E-state index in [-0.39, 0.29) is 11.0 Å². The third kappa shape index (κ3) is 7.62. The molecule has 6 nitrogen and oxygen atoms in total. The molecule has 0 spiro atoms. The van der Waals surface area contributed by atoms with Crippen LogP contribution in [0.3, 0.4) is 0 Å². The van der Waals surface area contributed by atoms with Gasteiger partial charge in [0.15, 0.2) is 5.11 Å². The zero-order valence-electron chi connectivity index (χ0n) is 13.4. The Bertz CT molecular complexity index is 447. The van der Waals surface area contributed by atoms with Crippen molar-refractivity contribution in [2.24, 2.45) is 5.73 Å². The normalized spacial score (nSPS) is 10.4. The molecule has 0 saturated carbocycles. The first-order valence-corrected chi connectivity index (χ1v) is 9.10. The Morgan fingerprint density at radius 3 is 2.00 bits per heavy atom. The minimum atomic E-state index is -2.22. The zero-order valence-corrected chi connectivity index (χ0v) is 15.2. The lowest BCUT2D eigenvalue weighted by molar-refractivity contribution is 0.0977. The van der Waals surface area contributed by atoms with E-state index in [9.17, 15) is 4.79 Å². The number of thiocarbonyl (C=S) groups is 1. The van der Waals surface area contributed by atoms with E-state index in [0.717, 1.165) is 12.5 Å². The van der Waals surface area contributed by atoms with E-state index < -0.39 is 8.80 Å². The van der Waals surface area contributed by atoms with Gasteiger partial charge in [-0.25, -0.2) is 0 Å². The predicted molar refractivity (Wildman–Crippen MR) is 92.6 cm³/mol.